The van der Waals surface area contributed by atoms with Crippen LogP contribution in [0.2, 0.25) is 0 Å². The summed E-state index contributed by atoms with van der Waals surface area (Å²) in [6.07, 6.45) is 23.7. The lowest BCUT2D eigenvalue weighted by atomic mass is 9.97. The minimum Gasteiger partial charge on any atom is -0.0776 e. The Morgan fingerprint density at radius 2 is 1.35 bits per heavy atom. The Morgan fingerprint density at radius 1 is 0.765 bits per heavy atom. The van der Waals surface area contributed by atoms with E-state index in [1.165, 1.54) is 44.9 Å². The highest BCUT2D eigenvalue weighted by molar-refractivity contribution is 5.39. The number of rotatable bonds is 3. The van der Waals surface area contributed by atoms with Gasteiger partial charge in [-0.15, -0.1) is 0 Å². The summed E-state index contributed by atoms with van der Waals surface area (Å²) in [7, 11) is 0. The van der Waals surface area contributed by atoms with E-state index in [-0.39, 0.29) is 0 Å². The van der Waals surface area contributed by atoms with Crippen molar-refractivity contribution in [3.8, 4) is 0 Å². The van der Waals surface area contributed by atoms with Crippen LogP contribution in [-0.2, 0) is 0 Å². The van der Waals surface area contributed by atoms with Gasteiger partial charge in [-0.2, -0.15) is 0 Å². The lowest BCUT2D eigenvalue weighted by molar-refractivity contribution is 0.600. The maximum absolute atomic E-state index is 2.56. The lowest BCUT2D eigenvalue weighted by Gasteiger charge is -2.08. The van der Waals surface area contributed by atoms with Gasteiger partial charge < -0.3 is 0 Å². The first-order valence-electron chi connectivity index (χ1n) is 7.18. The van der Waals surface area contributed by atoms with E-state index in [1.54, 1.807) is 11.1 Å². The minimum absolute atomic E-state index is 0.706. The molecule has 0 heteroatoms. The third kappa shape index (κ3) is 2.62. The Balaban J connectivity index is 1.57. The number of allylic oxidation sites excluding steroid dienone is 8. The van der Waals surface area contributed by atoms with Gasteiger partial charge in [-0.05, 0) is 61.5 Å². The van der Waals surface area contributed by atoms with E-state index in [0.717, 1.165) is 5.92 Å². The van der Waals surface area contributed by atoms with Crippen LogP contribution in [0.4, 0.5) is 0 Å². The normalized spacial score (nSPS) is 24.7. The van der Waals surface area contributed by atoms with E-state index in [0.29, 0.717) is 5.92 Å². The summed E-state index contributed by atoms with van der Waals surface area (Å²) < 4.78 is 0. The van der Waals surface area contributed by atoms with Crippen LogP contribution in [-0.4, -0.2) is 0 Å². The average Bonchev–Trinajstić information content (AvgIpc) is 2.93. The highest BCUT2D eigenvalue weighted by Gasteiger charge is 2.19. The van der Waals surface area contributed by atoms with Gasteiger partial charge in [-0.25, -0.2) is 0 Å². The molecule has 17 heavy (non-hydrogen) atoms. The van der Waals surface area contributed by atoms with E-state index in [2.05, 4.69) is 36.5 Å². The molecule has 0 N–H and O–H groups in total. The molecule has 0 nitrogen and oxygen atoms in total. The maximum atomic E-state index is 2.56. The molecule has 90 valence electrons. The zero-order valence-electron chi connectivity index (χ0n) is 10.6. The summed E-state index contributed by atoms with van der Waals surface area (Å²) in [5.41, 5.74) is 3.37. The van der Waals surface area contributed by atoms with Gasteiger partial charge in [0.25, 0.3) is 0 Å². The summed E-state index contributed by atoms with van der Waals surface area (Å²) in [6.45, 7) is 0. The molecule has 1 fully saturated rings. The van der Waals surface area contributed by atoms with Gasteiger partial charge in [0.05, 0.1) is 0 Å². The highest BCUT2D eigenvalue weighted by atomic mass is 14.2. The summed E-state index contributed by atoms with van der Waals surface area (Å²) in [6, 6.07) is 0. The molecule has 1 saturated carbocycles. The Hall–Kier alpha value is -1.04. The summed E-state index contributed by atoms with van der Waals surface area (Å²) >= 11 is 0. The van der Waals surface area contributed by atoms with Crippen molar-refractivity contribution in [3.63, 3.8) is 0 Å². The van der Waals surface area contributed by atoms with Gasteiger partial charge in [-0.3, -0.25) is 0 Å². The van der Waals surface area contributed by atoms with Gasteiger partial charge in [0.15, 0.2) is 0 Å². The molecule has 0 atom stereocenters. The monoisotopic (exact) mass is 226 g/mol. The molecule has 3 rings (SSSR count). The minimum atomic E-state index is 0.706. The fourth-order valence-corrected chi connectivity index (χ4v) is 3.30. The fourth-order valence-electron chi connectivity index (χ4n) is 3.30. The average molecular weight is 226 g/mol. The van der Waals surface area contributed by atoms with E-state index in [9.17, 15) is 0 Å². The van der Waals surface area contributed by atoms with Crippen molar-refractivity contribution in [2.45, 2.75) is 44.9 Å². The molecule has 0 unspecified atom stereocenters. The predicted octanol–water partition coefficient (Wildman–Crippen LogP) is 4.96. The molecular weight excluding hydrogens is 204 g/mol. The van der Waals surface area contributed by atoms with Gasteiger partial charge in [-0.1, -0.05) is 42.9 Å². The molecule has 3 aliphatic carbocycles. The second-order valence-corrected chi connectivity index (χ2v) is 5.62. The third-order valence-electron chi connectivity index (χ3n) is 4.30. The Morgan fingerprint density at radius 3 is 2.00 bits per heavy atom. The van der Waals surface area contributed by atoms with Crippen molar-refractivity contribution in [2.24, 2.45) is 11.8 Å². The van der Waals surface area contributed by atoms with Crippen molar-refractivity contribution in [3.05, 3.63) is 47.6 Å². The van der Waals surface area contributed by atoms with Gasteiger partial charge >= 0.3 is 0 Å². The van der Waals surface area contributed by atoms with Crippen molar-refractivity contribution in [1.29, 1.82) is 0 Å². The van der Waals surface area contributed by atoms with Crippen LogP contribution in [0.15, 0.2) is 47.6 Å². The molecule has 0 aromatic carbocycles. The molecule has 3 aliphatic rings. The van der Waals surface area contributed by atoms with Crippen molar-refractivity contribution in [2.75, 3.05) is 0 Å². The highest BCUT2D eigenvalue weighted by Crippen LogP contribution is 2.36. The maximum Gasteiger partial charge on any atom is -0.00413 e. The zero-order chi connectivity index (χ0) is 11.5. The molecule has 0 aliphatic heterocycles. The first kappa shape index (κ1) is 11.1. The molecule has 0 spiro atoms. The molecule has 0 saturated heterocycles. The van der Waals surface area contributed by atoms with Gasteiger partial charge in [0, 0.05) is 0 Å². The van der Waals surface area contributed by atoms with E-state index in [4.69, 9.17) is 0 Å². The molecule has 0 amide bonds. The Bertz CT molecular complexity index is 358. The quantitative estimate of drug-likeness (QED) is 0.638. The number of hydrogen-bond donors (Lipinski definition) is 0. The third-order valence-corrected chi connectivity index (χ3v) is 4.30. The van der Waals surface area contributed by atoms with Crippen molar-refractivity contribution >= 4 is 0 Å². The Labute approximate surface area is 105 Å². The lowest BCUT2D eigenvalue weighted by Crippen LogP contribution is -1.95. The van der Waals surface area contributed by atoms with Crippen LogP contribution in [0.3, 0.4) is 0 Å². The van der Waals surface area contributed by atoms with Crippen LogP contribution in [0, 0.1) is 11.8 Å². The van der Waals surface area contributed by atoms with Gasteiger partial charge in [0.2, 0.25) is 0 Å². The first-order chi connectivity index (χ1) is 8.42. The smallest absolute Gasteiger partial charge is 0.00413 e. The van der Waals surface area contributed by atoms with Gasteiger partial charge in [0.1, 0.15) is 0 Å². The van der Waals surface area contributed by atoms with Crippen LogP contribution in [0.1, 0.15) is 44.9 Å². The summed E-state index contributed by atoms with van der Waals surface area (Å²) in [5, 5.41) is 0. The largest absolute Gasteiger partial charge is 0.0776 e. The van der Waals surface area contributed by atoms with Crippen molar-refractivity contribution < 1.29 is 0 Å². The van der Waals surface area contributed by atoms with E-state index in [1.807, 2.05) is 0 Å². The topological polar surface area (TPSA) is 0 Å². The summed E-state index contributed by atoms with van der Waals surface area (Å²) in [5.74, 6) is 1.44. The molecule has 0 bridgehead atoms. The fraction of sp³-hybridized carbons (Fsp3) is 0.529. The standard InChI is InChI=1S/C17H22/c1-2-8-16-12-15(13-17(16)9-3-1)11-10-14-6-4-5-7-14/h4-7,12-15H,1-3,8-11H2. The second-order valence-electron chi connectivity index (χ2n) is 5.62. The Kier molecular flexibility index (Phi) is 3.31. The molecular formula is C17H22. The first-order valence-corrected chi connectivity index (χ1v) is 7.18. The zero-order valence-corrected chi connectivity index (χ0v) is 10.6. The SMILES string of the molecule is C1=CC(CCC2C=C3CCCCCC3=C2)C=C1. The summed E-state index contributed by atoms with van der Waals surface area (Å²) in [4.78, 5) is 0. The van der Waals surface area contributed by atoms with Crippen LogP contribution < -0.4 is 0 Å². The second kappa shape index (κ2) is 5.08. The van der Waals surface area contributed by atoms with Crippen LogP contribution >= 0.6 is 0 Å². The number of fused-ring (bicyclic) bond motifs is 1. The molecule has 0 aromatic heterocycles. The molecule has 0 radical (unpaired) electrons. The van der Waals surface area contributed by atoms with Crippen molar-refractivity contribution in [1.82, 2.24) is 0 Å². The molecule has 0 aromatic rings. The van der Waals surface area contributed by atoms with E-state index < -0.39 is 0 Å². The van der Waals surface area contributed by atoms with Crippen LogP contribution in [0.25, 0.3) is 0 Å². The number of hydrogen-bond acceptors (Lipinski definition) is 0. The predicted molar refractivity (Wildman–Crippen MR) is 73.7 cm³/mol. The van der Waals surface area contributed by atoms with E-state index >= 15 is 0 Å². The molecule has 0 heterocycles. The van der Waals surface area contributed by atoms with Crippen LogP contribution in [0.5, 0.6) is 0 Å².